The molecule has 1 aromatic heterocycles. The number of hydrogen-bond donors (Lipinski definition) is 0. The van der Waals surface area contributed by atoms with Crippen LogP contribution in [-0.2, 0) is 0 Å². The van der Waals surface area contributed by atoms with E-state index in [1.54, 1.807) is 35.1 Å². The monoisotopic (exact) mass is 327 g/mol. The van der Waals surface area contributed by atoms with Crippen LogP contribution < -0.4 is 0 Å². The Hall–Kier alpha value is -2.28. The van der Waals surface area contributed by atoms with Crippen molar-refractivity contribution in [3.05, 3.63) is 69.8 Å². The van der Waals surface area contributed by atoms with Gasteiger partial charge in [-0.05, 0) is 42.8 Å². The molecule has 2 aromatic carbocycles. The number of nitrogens with zero attached hydrogens (tertiary/aromatic N) is 3. The molecular formula is C17H11Cl2N3. The molecule has 0 aliphatic carbocycles. The minimum Gasteiger partial charge on any atom is -0.231 e. The molecule has 0 unspecified atom stereocenters. The fourth-order valence-electron chi connectivity index (χ4n) is 2.32. The van der Waals surface area contributed by atoms with Gasteiger partial charge in [0.1, 0.15) is 0 Å². The van der Waals surface area contributed by atoms with Crippen molar-refractivity contribution in [1.82, 2.24) is 9.78 Å². The van der Waals surface area contributed by atoms with Crippen molar-refractivity contribution in [1.29, 1.82) is 5.26 Å². The summed E-state index contributed by atoms with van der Waals surface area (Å²) < 4.78 is 1.79. The average Bonchev–Trinajstić information content (AvgIpc) is 2.89. The Morgan fingerprint density at radius 2 is 1.82 bits per heavy atom. The zero-order valence-electron chi connectivity index (χ0n) is 11.7. The second kappa shape index (κ2) is 5.84. The van der Waals surface area contributed by atoms with E-state index in [1.807, 2.05) is 25.1 Å². The molecule has 0 spiro atoms. The minimum absolute atomic E-state index is 0.533. The normalized spacial score (nSPS) is 10.5. The molecule has 3 nitrogen and oxygen atoms in total. The van der Waals surface area contributed by atoms with Gasteiger partial charge in [-0.25, -0.2) is 4.68 Å². The van der Waals surface area contributed by atoms with Gasteiger partial charge < -0.3 is 0 Å². The maximum absolute atomic E-state index is 8.91. The van der Waals surface area contributed by atoms with Gasteiger partial charge in [0.15, 0.2) is 0 Å². The van der Waals surface area contributed by atoms with Crippen molar-refractivity contribution in [3.63, 3.8) is 0 Å². The predicted octanol–water partition coefficient (Wildman–Crippen LogP) is 5.03. The van der Waals surface area contributed by atoms with Crippen LogP contribution in [0.2, 0.25) is 10.0 Å². The van der Waals surface area contributed by atoms with E-state index in [9.17, 15) is 0 Å². The highest BCUT2D eigenvalue weighted by Gasteiger charge is 2.14. The molecule has 0 saturated heterocycles. The quantitative estimate of drug-likeness (QED) is 0.662. The van der Waals surface area contributed by atoms with Crippen LogP contribution >= 0.6 is 23.2 Å². The lowest BCUT2D eigenvalue weighted by molar-refractivity contribution is 0.888. The molecule has 0 atom stereocenters. The maximum Gasteiger partial charge on any atom is 0.0991 e. The van der Waals surface area contributed by atoms with E-state index < -0.39 is 0 Å². The van der Waals surface area contributed by atoms with Crippen LogP contribution in [-0.4, -0.2) is 9.78 Å². The van der Waals surface area contributed by atoms with Crippen molar-refractivity contribution in [2.75, 3.05) is 0 Å². The summed E-state index contributed by atoms with van der Waals surface area (Å²) in [5.74, 6) is 0. The Balaban J connectivity index is 2.17. The van der Waals surface area contributed by atoms with Crippen molar-refractivity contribution < 1.29 is 0 Å². The van der Waals surface area contributed by atoms with E-state index in [1.165, 1.54) is 0 Å². The van der Waals surface area contributed by atoms with Gasteiger partial charge in [-0.15, -0.1) is 0 Å². The summed E-state index contributed by atoms with van der Waals surface area (Å²) in [6.07, 6.45) is 1.79. The second-order valence-corrected chi connectivity index (χ2v) is 5.72. The molecule has 0 amide bonds. The third-order valence-electron chi connectivity index (χ3n) is 3.38. The van der Waals surface area contributed by atoms with E-state index in [0.29, 0.717) is 15.6 Å². The summed E-state index contributed by atoms with van der Waals surface area (Å²) in [4.78, 5) is 0. The molecule has 0 saturated carbocycles. The predicted molar refractivity (Wildman–Crippen MR) is 88.5 cm³/mol. The van der Waals surface area contributed by atoms with Crippen LogP contribution in [0.15, 0.2) is 48.7 Å². The van der Waals surface area contributed by atoms with Crippen LogP contribution in [0.1, 0.15) is 11.1 Å². The first-order valence-corrected chi connectivity index (χ1v) is 7.36. The number of aromatic nitrogens is 2. The van der Waals surface area contributed by atoms with Gasteiger partial charge in [0, 0.05) is 10.6 Å². The zero-order chi connectivity index (χ0) is 15.7. The largest absolute Gasteiger partial charge is 0.231 e. The number of aryl methyl sites for hydroxylation is 1. The summed E-state index contributed by atoms with van der Waals surface area (Å²) in [7, 11) is 0. The average molecular weight is 328 g/mol. The Morgan fingerprint density at radius 3 is 2.45 bits per heavy atom. The first-order valence-electron chi connectivity index (χ1n) is 6.61. The molecule has 0 fully saturated rings. The molecule has 0 aliphatic heterocycles. The molecule has 0 aliphatic rings. The Morgan fingerprint density at radius 1 is 1.09 bits per heavy atom. The first-order chi connectivity index (χ1) is 10.6. The molecule has 1 heterocycles. The molecule has 108 valence electrons. The number of halogens is 2. The highest BCUT2D eigenvalue weighted by Crippen LogP contribution is 2.30. The summed E-state index contributed by atoms with van der Waals surface area (Å²) in [6.45, 7) is 1.99. The number of hydrogen-bond acceptors (Lipinski definition) is 2. The Kier molecular flexibility index (Phi) is 3.89. The topological polar surface area (TPSA) is 41.6 Å². The van der Waals surface area contributed by atoms with Crippen LogP contribution in [0.4, 0.5) is 0 Å². The third kappa shape index (κ3) is 2.59. The minimum atomic E-state index is 0.533. The lowest BCUT2D eigenvalue weighted by Gasteiger charge is -2.11. The van der Waals surface area contributed by atoms with Gasteiger partial charge in [0.25, 0.3) is 0 Å². The van der Waals surface area contributed by atoms with E-state index in [4.69, 9.17) is 28.5 Å². The first kappa shape index (κ1) is 14.6. The molecular weight excluding hydrogens is 317 g/mol. The molecule has 3 aromatic rings. The second-order valence-electron chi connectivity index (χ2n) is 4.87. The third-order valence-corrected chi connectivity index (χ3v) is 3.92. The van der Waals surface area contributed by atoms with Crippen LogP contribution in [0.3, 0.4) is 0 Å². The molecule has 5 heteroatoms. The zero-order valence-corrected chi connectivity index (χ0v) is 13.2. The molecule has 3 rings (SSSR count). The van der Waals surface area contributed by atoms with Crippen LogP contribution in [0.25, 0.3) is 16.9 Å². The van der Waals surface area contributed by atoms with Crippen molar-refractivity contribution >= 4 is 23.2 Å². The van der Waals surface area contributed by atoms with E-state index in [-0.39, 0.29) is 0 Å². The highest BCUT2D eigenvalue weighted by molar-refractivity contribution is 6.35. The van der Waals surface area contributed by atoms with Crippen molar-refractivity contribution in [2.45, 2.75) is 6.92 Å². The van der Waals surface area contributed by atoms with E-state index in [2.05, 4.69) is 11.2 Å². The molecule has 22 heavy (non-hydrogen) atoms. The van der Waals surface area contributed by atoms with Crippen LogP contribution in [0, 0.1) is 18.3 Å². The fraction of sp³-hybridized carbons (Fsp3) is 0.0588. The molecule has 0 N–H and O–H groups in total. The number of nitriles is 1. The van der Waals surface area contributed by atoms with E-state index >= 15 is 0 Å². The molecule has 0 bridgehead atoms. The fourth-order valence-corrected chi connectivity index (χ4v) is 2.81. The summed E-state index contributed by atoms with van der Waals surface area (Å²) >= 11 is 12.2. The van der Waals surface area contributed by atoms with E-state index in [0.717, 1.165) is 22.5 Å². The highest BCUT2D eigenvalue weighted by atomic mass is 35.5. The van der Waals surface area contributed by atoms with Gasteiger partial charge in [-0.1, -0.05) is 35.3 Å². The lowest BCUT2D eigenvalue weighted by Crippen LogP contribution is -2.00. The standard InChI is InChI=1S/C17H11Cl2N3/c1-11-10-21-22(16-7-6-14(18)8-15(16)19)17(11)13-4-2-12(9-20)3-5-13/h2-8,10H,1H3. The molecule has 0 radical (unpaired) electrons. The van der Waals surface area contributed by atoms with Crippen molar-refractivity contribution in [2.24, 2.45) is 0 Å². The lowest BCUT2D eigenvalue weighted by atomic mass is 10.1. The Bertz CT molecular complexity index is 874. The summed E-state index contributed by atoms with van der Waals surface area (Å²) in [5.41, 5.74) is 4.32. The summed E-state index contributed by atoms with van der Waals surface area (Å²) in [5, 5.41) is 14.4. The number of rotatable bonds is 2. The summed E-state index contributed by atoms with van der Waals surface area (Å²) in [6, 6.07) is 14.8. The maximum atomic E-state index is 8.91. The van der Waals surface area contributed by atoms with Gasteiger partial charge in [-0.2, -0.15) is 10.4 Å². The van der Waals surface area contributed by atoms with Gasteiger partial charge in [-0.3, -0.25) is 0 Å². The van der Waals surface area contributed by atoms with Gasteiger partial charge in [0.2, 0.25) is 0 Å². The van der Waals surface area contributed by atoms with Gasteiger partial charge >= 0.3 is 0 Å². The van der Waals surface area contributed by atoms with Crippen molar-refractivity contribution in [3.8, 4) is 23.0 Å². The Labute approximate surface area is 138 Å². The SMILES string of the molecule is Cc1cnn(-c2ccc(Cl)cc2Cl)c1-c1ccc(C#N)cc1. The van der Waals surface area contributed by atoms with Gasteiger partial charge in [0.05, 0.1) is 34.2 Å². The van der Waals surface area contributed by atoms with Crippen LogP contribution in [0.5, 0.6) is 0 Å². The smallest absolute Gasteiger partial charge is 0.0991 e. The number of benzene rings is 2.